The lowest BCUT2D eigenvalue weighted by Gasteiger charge is -2.00. The van der Waals surface area contributed by atoms with Crippen LogP contribution in [0.1, 0.15) is 12.5 Å². The molecule has 0 aliphatic carbocycles. The summed E-state index contributed by atoms with van der Waals surface area (Å²) in [5, 5.41) is 4.50. The number of aromatic nitrogens is 1. The summed E-state index contributed by atoms with van der Waals surface area (Å²) in [4.78, 5) is 13.8. The Morgan fingerprint density at radius 3 is 3.12 bits per heavy atom. The highest BCUT2D eigenvalue weighted by Gasteiger charge is 2.00. The van der Waals surface area contributed by atoms with Gasteiger partial charge in [-0.25, -0.2) is 0 Å². The van der Waals surface area contributed by atoms with Gasteiger partial charge in [0, 0.05) is 35.6 Å². The Kier molecular flexibility index (Phi) is 3.49. The number of benzene rings is 1. The van der Waals surface area contributed by atoms with Crippen LogP contribution in [0.5, 0.6) is 0 Å². The predicted octanol–water partition coefficient (Wildman–Crippen LogP) is 2.97. The normalized spacial score (nSPS) is 11.2. The van der Waals surface area contributed by atoms with E-state index in [1.54, 1.807) is 0 Å². The maximum Gasteiger partial charge on any atom is 0.217 e. The number of carbonyl (C=O) groups is 1. The lowest BCUT2D eigenvalue weighted by molar-refractivity contribution is -0.118. The number of carbonyl (C=O) groups excluding carboxylic acids is 1. The van der Waals surface area contributed by atoms with E-state index in [0.29, 0.717) is 11.6 Å². The molecule has 4 heteroatoms. The number of fused-ring (bicyclic) bond motifs is 1. The molecule has 0 fully saturated rings. The van der Waals surface area contributed by atoms with E-state index in [2.05, 4.69) is 10.3 Å². The SMILES string of the molecule is CC(=O)NCC=Cc1cc2cc[nH]c2cc1Cl. The summed E-state index contributed by atoms with van der Waals surface area (Å²) in [6.07, 6.45) is 5.66. The lowest BCUT2D eigenvalue weighted by atomic mass is 10.1. The van der Waals surface area contributed by atoms with E-state index in [0.717, 1.165) is 16.5 Å². The van der Waals surface area contributed by atoms with Gasteiger partial charge in [0.1, 0.15) is 0 Å². The van der Waals surface area contributed by atoms with Crippen molar-refractivity contribution in [2.24, 2.45) is 0 Å². The maximum absolute atomic E-state index is 10.7. The van der Waals surface area contributed by atoms with Gasteiger partial charge in [0.25, 0.3) is 0 Å². The molecule has 2 aromatic rings. The molecule has 0 atom stereocenters. The number of nitrogens with one attached hydrogen (secondary N) is 2. The van der Waals surface area contributed by atoms with E-state index >= 15 is 0 Å². The molecule has 2 rings (SSSR count). The third-order valence-electron chi connectivity index (χ3n) is 2.44. The van der Waals surface area contributed by atoms with Crippen molar-refractivity contribution in [2.45, 2.75) is 6.92 Å². The maximum atomic E-state index is 10.7. The van der Waals surface area contributed by atoms with Crippen molar-refractivity contribution in [3.63, 3.8) is 0 Å². The van der Waals surface area contributed by atoms with Crippen LogP contribution in [0, 0.1) is 0 Å². The van der Waals surface area contributed by atoms with Gasteiger partial charge in [-0.2, -0.15) is 0 Å². The van der Waals surface area contributed by atoms with Gasteiger partial charge < -0.3 is 10.3 Å². The number of halogens is 1. The quantitative estimate of drug-likeness (QED) is 0.862. The highest BCUT2D eigenvalue weighted by molar-refractivity contribution is 6.32. The highest BCUT2D eigenvalue weighted by Crippen LogP contribution is 2.24. The monoisotopic (exact) mass is 248 g/mol. The number of amides is 1. The molecule has 0 saturated carbocycles. The Labute approximate surface area is 104 Å². The molecular formula is C13H13ClN2O. The van der Waals surface area contributed by atoms with E-state index < -0.39 is 0 Å². The van der Waals surface area contributed by atoms with Crippen molar-refractivity contribution < 1.29 is 4.79 Å². The van der Waals surface area contributed by atoms with E-state index in [-0.39, 0.29) is 5.91 Å². The summed E-state index contributed by atoms with van der Waals surface area (Å²) < 4.78 is 0. The molecule has 0 spiro atoms. The first kappa shape index (κ1) is 11.7. The number of rotatable bonds is 3. The van der Waals surface area contributed by atoms with Crippen LogP contribution in [0.2, 0.25) is 5.02 Å². The summed E-state index contributed by atoms with van der Waals surface area (Å²) in [7, 11) is 0. The zero-order chi connectivity index (χ0) is 12.3. The van der Waals surface area contributed by atoms with Gasteiger partial charge in [0.2, 0.25) is 5.91 Å². The highest BCUT2D eigenvalue weighted by atomic mass is 35.5. The second-order valence-corrected chi connectivity index (χ2v) is 4.19. The van der Waals surface area contributed by atoms with Crippen molar-refractivity contribution in [1.82, 2.24) is 10.3 Å². The van der Waals surface area contributed by atoms with Crippen LogP contribution >= 0.6 is 11.6 Å². The molecule has 1 aromatic heterocycles. The van der Waals surface area contributed by atoms with Crippen molar-refractivity contribution in [2.75, 3.05) is 6.54 Å². The standard InChI is InChI=1S/C13H13ClN2O/c1-9(17)15-5-2-3-10-7-11-4-6-16-13(11)8-12(10)14/h2-4,6-8,16H,5H2,1H3,(H,15,17). The fraction of sp³-hybridized carbons (Fsp3) is 0.154. The van der Waals surface area contributed by atoms with Crippen molar-refractivity contribution in [3.8, 4) is 0 Å². The van der Waals surface area contributed by atoms with Gasteiger partial charge in [-0.1, -0.05) is 23.8 Å². The zero-order valence-corrected chi connectivity index (χ0v) is 10.2. The number of hydrogen-bond donors (Lipinski definition) is 2. The minimum atomic E-state index is -0.0400. The zero-order valence-electron chi connectivity index (χ0n) is 9.46. The van der Waals surface area contributed by atoms with Crippen molar-refractivity contribution in [1.29, 1.82) is 0 Å². The molecule has 0 aliphatic rings. The molecule has 0 unspecified atom stereocenters. The molecule has 0 radical (unpaired) electrons. The van der Waals surface area contributed by atoms with Crippen molar-refractivity contribution >= 4 is 34.5 Å². The molecule has 0 aliphatic heterocycles. The smallest absolute Gasteiger partial charge is 0.217 e. The third-order valence-corrected chi connectivity index (χ3v) is 2.76. The summed E-state index contributed by atoms with van der Waals surface area (Å²) >= 11 is 6.14. The molecule has 2 N–H and O–H groups in total. The Hall–Kier alpha value is -1.74. The van der Waals surface area contributed by atoms with Gasteiger partial charge in [0.15, 0.2) is 0 Å². The van der Waals surface area contributed by atoms with Crippen LogP contribution < -0.4 is 5.32 Å². The lowest BCUT2D eigenvalue weighted by Crippen LogP contribution is -2.19. The van der Waals surface area contributed by atoms with E-state index in [1.165, 1.54) is 6.92 Å². The minimum Gasteiger partial charge on any atom is -0.361 e. The second-order valence-electron chi connectivity index (χ2n) is 3.78. The average Bonchev–Trinajstić information content (AvgIpc) is 2.71. The minimum absolute atomic E-state index is 0.0400. The van der Waals surface area contributed by atoms with Gasteiger partial charge in [-0.3, -0.25) is 4.79 Å². The molecule has 3 nitrogen and oxygen atoms in total. The molecule has 1 aromatic carbocycles. The first-order valence-corrected chi connectivity index (χ1v) is 5.72. The predicted molar refractivity (Wildman–Crippen MR) is 71.0 cm³/mol. The topological polar surface area (TPSA) is 44.9 Å². The summed E-state index contributed by atoms with van der Waals surface area (Å²) in [6, 6.07) is 5.91. The second kappa shape index (κ2) is 5.06. The number of hydrogen-bond acceptors (Lipinski definition) is 1. The third kappa shape index (κ3) is 2.88. The van der Waals surface area contributed by atoms with Crippen LogP contribution in [-0.2, 0) is 4.79 Å². The average molecular weight is 249 g/mol. The van der Waals surface area contributed by atoms with E-state index in [9.17, 15) is 4.79 Å². The molecular weight excluding hydrogens is 236 g/mol. The summed E-state index contributed by atoms with van der Waals surface area (Å²) in [6.45, 7) is 2.00. The van der Waals surface area contributed by atoms with E-state index in [1.807, 2.05) is 36.5 Å². The van der Waals surface area contributed by atoms with Crippen LogP contribution in [-0.4, -0.2) is 17.4 Å². The Morgan fingerprint density at radius 1 is 1.53 bits per heavy atom. The molecule has 0 saturated heterocycles. The van der Waals surface area contributed by atoms with Gasteiger partial charge >= 0.3 is 0 Å². The fourth-order valence-electron chi connectivity index (χ4n) is 1.61. The summed E-state index contributed by atoms with van der Waals surface area (Å²) in [5.41, 5.74) is 1.97. The van der Waals surface area contributed by atoms with E-state index in [4.69, 9.17) is 11.6 Å². The molecule has 17 heavy (non-hydrogen) atoms. The van der Waals surface area contributed by atoms with Gasteiger partial charge in [-0.05, 0) is 23.8 Å². The molecule has 1 heterocycles. The van der Waals surface area contributed by atoms with Gasteiger partial charge in [0.05, 0.1) is 0 Å². The van der Waals surface area contributed by atoms with Crippen LogP contribution in [0.25, 0.3) is 17.0 Å². The van der Waals surface area contributed by atoms with Gasteiger partial charge in [-0.15, -0.1) is 0 Å². The largest absolute Gasteiger partial charge is 0.361 e. The molecule has 88 valence electrons. The van der Waals surface area contributed by atoms with Crippen LogP contribution in [0.4, 0.5) is 0 Å². The molecule has 0 bridgehead atoms. The summed E-state index contributed by atoms with van der Waals surface area (Å²) in [5.74, 6) is -0.0400. The molecule has 1 amide bonds. The number of aromatic amines is 1. The first-order chi connectivity index (χ1) is 8.16. The Balaban J connectivity index is 2.17. The van der Waals surface area contributed by atoms with Crippen LogP contribution in [0.3, 0.4) is 0 Å². The number of H-pyrrole nitrogens is 1. The fourth-order valence-corrected chi connectivity index (χ4v) is 1.83. The van der Waals surface area contributed by atoms with Crippen LogP contribution in [0.15, 0.2) is 30.5 Å². The Morgan fingerprint density at radius 2 is 2.35 bits per heavy atom. The first-order valence-electron chi connectivity index (χ1n) is 5.34. The van der Waals surface area contributed by atoms with Crippen molar-refractivity contribution in [3.05, 3.63) is 41.1 Å². The Bertz CT molecular complexity index is 572.